The number of carboxylic acids is 1. The molecule has 0 saturated carbocycles. The fourth-order valence-corrected chi connectivity index (χ4v) is 2.75. The first-order chi connectivity index (χ1) is 11.5. The van der Waals surface area contributed by atoms with Gasteiger partial charge in [0.1, 0.15) is 30.4 Å². The highest BCUT2D eigenvalue weighted by atomic mass is 19.1. The van der Waals surface area contributed by atoms with Crippen LogP contribution in [0, 0.1) is 12.7 Å². The minimum absolute atomic E-state index is 0.0535. The third kappa shape index (κ3) is 2.97. The van der Waals surface area contributed by atoms with E-state index in [0.717, 1.165) is 0 Å². The van der Waals surface area contributed by atoms with Crippen LogP contribution in [0.25, 0.3) is 0 Å². The molecule has 126 valence electrons. The summed E-state index contributed by atoms with van der Waals surface area (Å²) in [5.74, 6) is -1.41. The largest absolute Gasteiger partial charge is 0.491 e. The van der Waals surface area contributed by atoms with E-state index in [-0.39, 0.29) is 37.4 Å². The second-order valence-electron chi connectivity index (χ2n) is 5.58. The number of ether oxygens (including phenoxy) is 1. The maximum atomic E-state index is 14.0. The summed E-state index contributed by atoms with van der Waals surface area (Å²) >= 11 is 0. The Labute approximate surface area is 137 Å². The molecule has 1 aromatic heterocycles. The minimum Gasteiger partial charge on any atom is -0.491 e. The number of hydrogen-bond acceptors (Lipinski definition) is 4. The maximum absolute atomic E-state index is 14.0. The van der Waals surface area contributed by atoms with Crippen molar-refractivity contribution >= 4 is 11.9 Å². The Hall–Kier alpha value is -2.83. The van der Waals surface area contributed by atoms with E-state index >= 15 is 0 Å². The average molecular weight is 333 g/mol. The molecule has 24 heavy (non-hydrogen) atoms. The fourth-order valence-electron chi connectivity index (χ4n) is 2.75. The van der Waals surface area contributed by atoms with E-state index < -0.39 is 17.7 Å². The molecule has 0 atom stereocenters. The van der Waals surface area contributed by atoms with Crippen LogP contribution in [0.3, 0.4) is 0 Å². The highest BCUT2D eigenvalue weighted by Crippen LogP contribution is 2.27. The Morgan fingerprint density at radius 2 is 2.17 bits per heavy atom. The van der Waals surface area contributed by atoms with E-state index in [1.165, 1.54) is 17.2 Å². The normalized spacial score (nSPS) is 13.8. The number of carbonyl (C=O) groups is 2. The zero-order valence-corrected chi connectivity index (χ0v) is 13.0. The van der Waals surface area contributed by atoms with Crippen molar-refractivity contribution in [3.8, 4) is 5.75 Å². The van der Waals surface area contributed by atoms with Gasteiger partial charge >= 0.3 is 5.97 Å². The first-order valence-electron chi connectivity index (χ1n) is 7.45. The molecule has 3 rings (SSSR count). The van der Waals surface area contributed by atoms with Gasteiger partial charge in [-0.3, -0.25) is 9.59 Å². The minimum atomic E-state index is -1.09. The Morgan fingerprint density at radius 3 is 2.92 bits per heavy atom. The summed E-state index contributed by atoms with van der Waals surface area (Å²) in [6, 6.07) is 4.53. The average Bonchev–Trinajstić information content (AvgIpc) is 2.75. The Balaban J connectivity index is 1.92. The van der Waals surface area contributed by atoms with Crippen LogP contribution >= 0.6 is 0 Å². The number of rotatable bonds is 3. The topological polar surface area (TPSA) is 80.0 Å². The van der Waals surface area contributed by atoms with E-state index in [1.54, 1.807) is 19.1 Å². The molecule has 0 unspecified atom stereocenters. The number of furan rings is 1. The molecule has 1 aromatic carbocycles. The monoisotopic (exact) mass is 333 g/mol. The van der Waals surface area contributed by atoms with Gasteiger partial charge < -0.3 is 19.2 Å². The van der Waals surface area contributed by atoms with E-state index in [1.807, 2.05) is 0 Å². The number of amides is 1. The van der Waals surface area contributed by atoms with Crippen molar-refractivity contribution in [3.63, 3.8) is 0 Å². The molecule has 6 nitrogen and oxygen atoms in total. The van der Waals surface area contributed by atoms with Crippen LogP contribution < -0.4 is 4.74 Å². The van der Waals surface area contributed by atoms with Crippen LogP contribution in [0.1, 0.15) is 27.2 Å². The molecule has 0 fully saturated rings. The molecule has 0 saturated heterocycles. The van der Waals surface area contributed by atoms with Crippen molar-refractivity contribution in [1.29, 1.82) is 0 Å². The lowest BCUT2D eigenvalue weighted by Crippen LogP contribution is -2.33. The maximum Gasteiger partial charge on any atom is 0.311 e. The number of nitrogens with zero attached hydrogens (tertiary/aromatic N) is 1. The molecule has 1 aliphatic rings. The first kappa shape index (κ1) is 16.0. The van der Waals surface area contributed by atoms with Crippen molar-refractivity contribution in [2.75, 3.05) is 13.2 Å². The predicted octanol–water partition coefficient (Wildman–Crippen LogP) is 2.39. The molecule has 2 aromatic rings. The predicted molar refractivity (Wildman–Crippen MR) is 81.4 cm³/mol. The lowest BCUT2D eigenvalue weighted by Gasteiger charge is -2.20. The van der Waals surface area contributed by atoms with Gasteiger partial charge in [0.2, 0.25) is 0 Å². The second-order valence-corrected chi connectivity index (χ2v) is 5.58. The van der Waals surface area contributed by atoms with E-state index in [4.69, 9.17) is 14.3 Å². The quantitative estimate of drug-likeness (QED) is 0.933. The van der Waals surface area contributed by atoms with Gasteiger partial charge in [0.25, 0.3) is 5.91 Å². The number of carboxylic acid groups (broad SMARTS) is 1. The summed E-state index contributed by atoms with van der Waals surface area (Å²) in [4.78, 5) is 25.2. The molecular formula is C17H16FNO5. The van der Waals surface area contributed by atoms with Crippen molar-refractivity contribution in [2.45, 2.75) is 19.9 Å². The van der Waals surface area contributed by atoms with Gasteiger partial charge in [-0.05, 0) is 19.1 Å². The van der Waals surface area contributed by atoms with E-state index in [0.29, 0.717) is 16.9 Å². The molecule has 1 N–H and O–H groups in total. The number of halogens is 1. The van der Waals surface area contributed by atoms with Gasteiger partial charge in [0, 0.05) is 11.1 Å². The molecule has 0 radical (unpaired) electrons. The van der Waals surface area contributed by atoms with Crippen LogP contribution in [0.5, 0.6) is 5.75 Å². The zero-order valence-electron chi connectivity index (χ0n) is 13.0. The second kappa shape index (κ2) is 6.35. The molecule has 7 heteroatoms. The summed E-state index contributed by atoms with van der Waals surface area (Å²) in [5.41, 5.74) is 1.08. The van der Waals surface area contributed by atoms with Gasteiger partial charge in [-0.1, -0.05) is 6.07 Å². The number of aliphatic carboxylic acids is 1. The SMILES string of the molecule is Cc1coc(CC(=O)O)c1C(=O)N1CCOc2cccc(F)c2C1. The van der Waals surface area contributed by atoms with Gasteiger partial charge in [-0.2, -0.15) is 0 Å². The van der Waals surface area contributed by atoms with Crippen LogP contribution in [-0.4, -0.2) is 35.0 Å². The molecular weight excluding hydrogens is 317 g/mol. The lowest BCUT2D eigenvalue weighted by molar-refractivity contribution is -0.136. The summed E-state index contributed by atoms with van der Waals surface area (Å²) in [6.07, 6.45) is 0.971. The molecule has 0 bridgehead atoms. The number of hydrogen-bond donors (Lipinski definition) is 1. The third-order valence-corrected chi connectivity index (χ3v) is 3.91. The Bertz CT molecular complexity index is 798. The highest BCUT2D eigenvalue weighted by molar-refractivity contribution is 5.97. The van der Waals surface area contributed by atoms with Gasteiger partial charge in [0.15, 0.2) is 0 Å². The van der Waals surface area contributed by atoms with Crippen molar-refractivity contribution in [3.05, 3.63) is 52.7 Å². The summed E-state index contributed by atoms with van der Waals surface area (Å²) in [5, 5.41) is 8.95. The third-order valence-electron chi connectivity index (χ3n) is 3.91. The number of fused-ring (bicyclic) bond motifs is 1. The molecule has 1 amide bonds. The van der Waals surface area contributed by atoms with Gasteiger partial charge in [-0.15, -0.1) is 0 Å². The number of aryl methyl sites for hydroxylation is 1. The standard InChI is InChI=1S/C17H16FNO5/c1-10-9-24-14(7-15(20)21)16(10)17(22)19-5-6-23-13-4-2-3-12(18)11(13)8-19/h2-4,9H,5-8H2,1H3,(H,20,21). The zero-order chi connectivity index (χ0) is 17.3. The molecule has 0 aliphatic carbocycles. The van der Waals surface area contributed by atoms with E-state index in [2.05, 4.69) is 0 Å². The van der Waals surface area contributed by atoms with Gasteiger partial charge in [-0.25, -0.2) is 4.39 Å². The Morgan fingerprint density at radius 1 is 1.38 bits per heavy atom. The summed E-state index contributed by atoms with van der Waals surface area (Å²) in [7, 11) is 0. The van der Waals surface area contributed by atoms with Crippen molar-refractivity contribution < 1.29 is 28.2 Å². The van der Waals surface area contributed by atoms with Crippen molar-refractivity contribution in [2.24, 2.45) is 0 Å². The molecule has 2 heterocycles. The highest BCUT2D eigenvalue weighted by Gasteiger charge is 2.28. The first-order valence-corrected chi connectivity index (χ1v) is 7.45. The summed E-state index contributed by atoms with van der Waals surface area (Å²) in [6.45, 7) is 2.22. The van der Waals surface area contributed by atoms with Crippen LogP contribution in [0.15, 0.2) is 28.9 Å². The molecule has 1 aliphatic heterocycles. The number of carbonyl (C=O) groups excluding carboxylic acids is 1. The Kier molecular flexibility index (Phi) is 4.24. The lowest BCUT2D eigenvalue weighted by atomic mass is 10.1. The summed E-state index contributed by atoms with van der Waals surface area (Å²) < 4.78 is 24.8. The van der Waals surface area contributed by atoms with E-state index in [9.17, 15) is 14.0 Å². The smallest absolute Gasteiger partial charge is 0.311 e. The number of benzene rings is 1. The van der Waals surface area contributed by atoms with Crippen molar-refractivity contribution in [1.82, 2.24) is 4.90 Å². The van der Waals surface area contributed by atoms with Crippen LogP contribution in [0.2, 0.25) is 0 Å². The molecule has 0 spiro atoms. The van der Waals surface area contributed by atoms with Crippen LogP contribution in [0.4, 0.5) is 4.39 Å². The van der Waals surface area contributed by atoms with Crippen LogP contribution in [-0.2, 0) is 17.8 Å². The van der Waals surface area contributed by atoms with Gasteiger partial charge in [0.05, 0.1) is 24.9 Å². The fraction of sp³-hybridized carbons (Fsp3) is 0.294.